The lowest BCUT2D eigenvalue weighted by atomic mass is 10.0. The molecule has 5 rings (SSSR count). The van der Waals surface area contributed by atoms with Crippen LogP contribution in [0.3, 0.4) is 0 Å². The van der Waals surface area contributed by atoms with E-state index in [0.29, 0.717) is 23.3 Å². The summed E-state index contributed by atoms with van der Waals surface area (Å²) in [5.41, 5.74) is -1.52. The van der Waals surface area contributed by atoms with Gasteiger partial charge in [-0.05, 0) is 77.6 Å². The topological polar surface area (TPSA) is 119 Å². The van der Waals surface area contributed by atoms with Crippen molar-refractivity contribution < 1.29 is 37.4 Å². The number of aromatic nitrogens is 1. The number of hydrogen-bond acceptors (Lipinski definition) is 9. The average molecular weight is 617 g/mol. The molecule has 0 spiro atoms. The van der Waals surface area contributed by atoms with E-state index in [1.54, 1.807) is 53.7 Å². The molecule has 1 fully saturated rings. The van der Waals surface area contributed by atoms with Crippen LogP contribution in [0.4, 0.5) is 24.2 Å². The highest BCUT2D eigenvalue weighted by atomic mass is 32.1. The van der Waals surface area contributed by atoms with Gasteiger partial charge in [0.2, 0.25) is 0 Å². The van der Waals surface area contributed by atoms with Crippen molar-refractivity contribution in [3.8, 4) is 10.6 Å². The van der Waals surface area contributed by atoms with Crippen LogP contribution in [0.25, 0.3) is 20.7 Å². The standard InChI is InChI=1S/C30H34F2N4O6S/c1-29(2,3)41-27(38)34-19-14-40-10-9-18(19)33-25-23(32)17-13-36(28(39)42-30(4,5)6)26(37)22(17)24(35-25)21-12-15-11-16(31)7-8-20(15)43-21/h7-8,11-12,18-19H,9-10,13-14H2,1-6H3,(H,33,35)(H,34,38)/t18-,19+/m1/s1. The fourth-order valence-electron chi connectivity index (χ4n) is 4.91. The second kappa shape index (κ2) is 11.3. The first-order valence-corrected chi connectivity index (χ1v) is 14.7. The Bertz CT molecular complexity index is 1600. The Morgan fingerprint density at radius 1 is 1.07 bits per heavy atom. The third-order valence-corrected chi connectivity index (χ3v) is 7.84. The number of fused-ring (bicyclic) bond motifs is 2. The van der Waals surface area contributed by atoms with E-state index in [1.165, 1.54) is 23.5 Å². The number of imide groups is 1. The van der Waals surface area contributed by atoms with E-state index in [-0.39, 0.29) is 35.8 Å². The number of nitrogens with one attached hydrogen (secondary N) is 2. The highest BCUT2D eigenvalue weighted by molar-refractivity contribution is 7.22. The molecule has 10 nitrogen and oxygen atoms in total. The molecule has 0 saturated carbocycles. The Labute approximate surface area is 251 Å². The van der Waals surface area contributed by atoms with Crippen LogP contribution in [-0.2, 0) is 20.8 Å². The third-order valence-electron chi connectivity index (χ3n) is 6.72. The second-order valence-corrected chi connectivity index (χ2v) is 13.6. The summed E-state index contributed by atoms with van der Waals surface area (Å²) in [4.78, 5) is 45.0. The Balaban J connectivity index is 1.54. The molecular weight excluding hydrogens is 582 g/mol. The van der Waals surface area contributed by atoms with Crippen molar-refractivity contribution in [1.29, 1.82) is 0 Å². The smallest absolute Gasteiger partial charge is 0.417 e. The maximum Gasteiger partial charge on any atom is 0.417 e. The molecule has 230 valence electrons. The van der Waals surface area contributed by atoms with Crippen LogP contribution < -0.4 is 10.6 Å². The normalized spacial score (nSPS) is 18.9. The Hall–Kier alpha value is -3.84. The van der Waals surface area contributed by atoms with Gasteiger partial charge in [0.1, 0.15) is 17.0 Å². The number of hydrogen-bond donors (Lipinski definition) is 2. The van der Waals surface area contributed by atoms with Gasteiger partial charge in [-0.3, -0.25) is 4.79 Å². The molecule has 4 heterocycles. The van der Waals surface area contributed by atoms with Crippen LogP contribution in [0.15, 0.2) is 24.3 Å². The predicted octanol–water partition coefficient (Wildman–Crippen LogP) is 6.23. The number of pyridine rings is 1. The molecule has 0 aliphatic carbocycles. The minimum atomic E-state index is -0.905. The van der Waals surface area contributed by atoms with Crippen molar-refractivity contribution in [2.24, 2.45) is 0 Å². The van der Waals surface area contributed by atoms with E-state index >= 15 is 4.39 Å². The molecular formula is C30H34F2N4O6S. The highest BCUT2D eigenvalue weighted by Gasteiger charge is 2.41. The zero-order valence-electron chi connectivity index (χ0n) is 24.8. The predicted molar refractivity (Wildman–Crippen MR) is 157 cm³/mol. The van der Waals surface area contributed by atoms with Gasteiger partial charge in [-0.2, -0.15) is 0 Å². The lowest BCUT2D eigenvalue weighted by molar-refractivity contribution is 0.0246. The zero-order valence-corrected chi connectivity index (χ0v) is 25.6. The molecule has 2 aliphatic rings. The van der Waals surface area contributed by atoms with Crippen molar-refractivity contribution in [3.63, 3.8) is 0 Å². The highest BCUT2D eigenvalue weighted by Crippen LogP contribution is 2.41. The average Bonchev–Trinajstić information content (AvgIpc) is 3.46. The summed E-state index contributed by atoms with van der Waals surface area (Å²) in [6, 6.07) is 4.92. The summed E-state index contributed by atoms with van der Waals surface area (Å²) in [7, 11) is 0. The number of ether oxygens (including phenoxy) is 3. The molecule has 13 heteroatoms. The first-order chi connectivity index (χ1) is 20.1. The molecule has 0 radical (unpaired) electrons. The Kier molecular flexibility index (Phi) is 8.07. The van der Waals surface area contributed by atoms with Gasteiger partial charge in [0.25, 0.3) is 5.91 Å². The van der Waals surface area contributed by atoms with Crippen molar-refractivity contribution in [3.05, 3.63) is 47.0 Å². The number of amides is 3. The number of carbonyl (C=O) groups is 3. The minimum absolute atomic E-state index is 0.0179. The number of benzene rings is 1. The van der Waals surface area contributed by atoms with Crippen molar-refractivity contribution in [2.45, 2.75) is 77.8 Å². The van der Waals surface area contributed by atoms with Crippen LogP contribution in [0, 0.1) is 11.6 Å². The largest absolute Gasteiger partial charge is 0.444 e. The SMILES string of the molecule is CC(C)(C)OC(=O)N[C@H]1COCC[C@H]1Nc1nc(-c2cc3cc(F)ccc3s2)c2c(c1F)CN(C(=O)OC(C)(C)C)C2=O. The van der Waals surface area contributed by atoms with E-state index in [4.69, 9.17) is 14.2 Å². The molecule has 2 aliphatic heterocycles. The van der Waals surface area contributed by atoms with E-state index in [2.05, 4.69) is 15.6 Å². The second-order valence-electron chi connectivity index (χ2n) is 12.5. The molecule has 2 atom stereocenters. The molecule has 3 amide bonds. The minimum Gasteiger partial charge on any atom is -0.444 e. The monoisotopic (exact) mass is 616 g/mol. The van der Waals surface area contributed by atoms with Crippen molar-refractivity contribution in [1.82, 2.24) is 15.2 Å². The van der Waals surface area contributed by atoms with Crippen LogP contribution in [0.1, 0.15) is 63.9 Å². The third kappa shape index (κ3) is 6.72. The summed E-state index contributed by atoms with van der Waals surface area (Å²) in [5, 5.41) is 6.48. The summed E-state index contributed by atoms with van der Waals surface area (Å²) in [5.74, 6) is -2.12. The molecule has 2 aromatic heterocycles. The number of rotatable bonds is 4. The number of thiophene rings is 1. The van der Waals surface area contributed by atoms with Crippen LogP contribution >= 0.6 is 11.3 Å². The number of nitrogens with zero attached hydrogens (tertiary/aromatic N) is 2. The molecule has 0 unspecified atom stereocenters. The first kappa shape index (κ1) is 30.6. The summed E-state index contributed by atoms with van der Waals surface area (Å²) < 4.78 is 47.3. The van der Waals surface area contributed by atoms with E-state index < -0.39 is 53.0 Å². The van der Waals surface area contributed by atoms with Crippen molar-refractivity contribution >= 4 is 45.3 Å². The Morgan fingerprint density at radius 3 is 2.49 bits per heavy atom. The van der Waals surface area contributed by atoms with Crippen molar-refractivity contribution in [2.75, 3.05) is 18.5 Å². The molecule has 3 aromatic rings. The van der Waals surface area contributed by atoms with Gasteiger partial charge in [-0.1, -0.05) is 0 Å². The summed E-state index contributed by atoms with van der Waals surface area (Å²) in [6.07, 6.45) is -1.13. The van der Waals surface area contributed by atoms with Gasteiger partial charge >= 0.3 is 12.2 Å². The number of halogens is 2. The fourth-order valence-corrected chi connectivity index (χ4v) is 5.95. The first-order valence-electron chi connectivity index (χ1n) is 13.9. The van der Waals surface area contributed by atoms with Gasteiger partial charge in [0, 0.05) is 16.9 Å². The number of carbonyl (C=O) groups excluding carboxylic acids is 3. The van der Waals surface area contributed by atoms with Gasteiger partial charge < -0.3 is 24.8 Å². The fraction of sp³-hybridized carbons (Fsp3) is 0.467. The summed E-state index contributed by atoms with van der Waals surface area (Å²) >= 11 is 1.26. The number of anilines is 1. The van der Waals surface area contributed by atoms with E-state index in [1.807, 2.05) is 0 Å². The maximum absolute atomic E-state index is 16.2. The quantitative estimate of drug-likeness (QED) is 0.354. The molecule has 2 N–H and O–H groups in total. The van der Waals surface area contributed by atoms with Crippen LogP contribution in [0.2, 0.25) is 0 Å². The van der Waals surface area contributed by atoms with E-state index in [9.17, 15) is 18.8 Å². The zero-order chi connectivity index (χ0) is 31.3. The maximum atomic E-state index is 16.2. The van der Waals surface area contributed by atoms with E-state index in [0.717, 1.165) is 9.60 Å². The molecule has 1 saturated heterocycles. The lowest BCUT2D eigenvalue weighted by Gasteiger charge is -2.33. The summed E-state index contributed by atoms with van der Waals surface area (Å²) in [6.45, 7) is 10.4. The number of alkyl carbamates (subject to hydrolysis) is 1. The molecule has 1 aromatic carbocycles. The van der Waals surface area contributed by atoms with Gasteiger partial charge in [-0.25, -0.2) is 28.3 Å². The lowest BCUT2D eigenvalue weighted by Crippen LogP contribution is -2.53. The van der Waals surface area contributed by atoms with Crippen LogP contribution in [-0.4, -0.2) is 64.5 Å². The molecule has 43 heavy (non-hydrogen) atoms. The molecule has 0 bridgehead atoms. The van der Waals surface area contributed by atoms with Gasteiger partial charge in [0.15, 0.2) is 11.6 Å². The van der Waals surface area contributed by atoms with Gasteiger partial charge in [0.05, 0.1) is 41.4 Å². The van der Waals surface area contributed by atoms with Gasteiger partial charge in [-0.15, -0.1) is 11.3 Å². The Morgan fingerprint density at radius 2 is 1.79 bits per heavy atom. The van der Waals surface area contributed by atoms with Crippen LogP contribution in [0.5, 0.6) is 0 Å².